The summed E-state index contributed by atoms with van der Waals surface area (Å²) in [6.45, 7) is 0.417. The molecule has 184 valence electrons. The zero-order chi connectivity index (χ0) is 24.7. The molecule has 2 aromatic rings. The largest absolute Gasteiger partial charge is 0.395 e. The average molecular weight is 510 g/mol. The molecule has 2 amide bonds. The van der Waals surface area contributed by atoms with Crippen molar-refractivity contribution in [1.29, 1.82) is 0 Å². The Labute approximate surface area is 203 Å². The standard InChI is InChI=1S/C22H28ClN5O5S/c1-26(11-12-29)34(32,33)22(8-9-22)14-28-10-7-17-18(25-27(2)19(17)21(28)31)20(30)24-13-15-3-5-16(23)6-4-15/h3-6,29H,7-14H2,1-2H3,(H,24,30). The molecule has 1 saturated carbocycles. The first-order valence-corrected chi connectivity index (χ1v) is 12.9. The number of carbonyl (C=O) groups excluding carboxylic acids is 2. The van der Waals surface area contributed by atoms with Crippen LogP contribution in [0, 0.1) is 0 Å². The molecule has 0 bridgehead atoms. The van der Waals surface area contributed by atoms with Crippen LogP contribution in [0.25, 0.3) is 0 Å². The molecule has 2 heterocycles. The van der Waals surface area contributed by atoms with E-state index < -0.39 is 14.8 Å². The van der Waals surface area contributed by atoms with Crippen molar-refractivity contribution in [2.75, 3.05) is 33.3 Å². The summed E-state index contributed by atoms with van der Waals surface area (Å²) < 4.78 is 27.5. The summed E-state index contributed by atoms with van der Waals surface area (Å²) in [5.41, 5.74) is 1.96. The van der Waals surface area contributed by atoms with E-state index in [1.54, 1.807) is 19.2 Å². The molecule has 2 aliphatic rings. The number of hydrogen-bond acceptors (Lipinski definition) is 6. The number of benzene rings is 1. The molecule has 1 aliphatic carbocycles. The van der Waals surface area contributed by atoms with Gasteiger partial charge < -0.3 is 15.3 Å². The van der Waals surface area contributed by atoms with Crippen LogP contribution in [0.3, 0.4) is 0 Å². The van der Waals surface area contributed by atoms with Gasteiger partial charge in [-0.05, 0) is 37.0 Å². The molecule has 34 heavy (non-hydrogen) atoms. The summed E-state index contributed by atoms with van der Waals surface area (Å²) in [7, 11) is -0.612. The Balaban J connectivity index is 1.48. The highest BCUT2D eigenvalue weighted by Gasteiger charge is 2.57. The van der Waals surface area contributed by atoms with E-state index in [1.165, 1.54) is 16.6 Å². The van der Waals surface area contributed by atoms with Gasteiger partial charge in [0.2, 0.25) is 10.0 Å². The average Bonchev–Trinajstić information content (AvgIpc) is 3.52. The summed E-state index contributed by atoms with van der Waals surface area (Å²) in [6, 6.07) is 7.12. The molecule has 10 nitrogen and oxygen atoms in total. The number of likely N-dealkylation sites (N-methyl/N-ethyl adjacent to an activating group) is 1. The molecule has 0 radical (unpaired) electrons. The Morgan fingerprint density at radius 1 is 1.29 bits per heavy atom. The Morgan fingerprint density at radius 2 is 1.97 bits per heavy atom. The van der Waals surface area contributed by atoms with E-state index in [1.807, 2.05) is 12.1 Å². The van der Waals surface area contributed by atoms with Gasteiger partial charge in [0, 0.05) is 50.9 Å². The van der Waals surface area contributed by atoms with Gasteiger partial charge in [0.1, 0.15) is 10.4 Å². The first-order chi connectivity index (χ1) is 16.1. The topological polar surface area (TPSA) is 125 Å². The lowest BCUT2D eigenvalue weighted by Crippen LogP contribution is -2.49. The van der Waals surface area contributed by atoms with E-state index in [0.717, 1.165) is 9.87 Å². The van der Waals surface area contributed by atoms with Crippen LogP contribution >= 0.6 is 11.6 Å². The monoisotopic (exact) mass is 509 g/mol. The first kappa shape index (κ1) is 24.6. The van der Waals surface area contributed by atoms with E-state index in [4.69, 9.17) is 16.7 Å². The van der Waals surface area contributed by atoms with Gasteiger partial charge in [0.15, 0.2) is 5.69 Å². The van der Waals surface area contributed by atoms with Crippen molar-refractivity contribution in [3.8, 4) is 0 Å². The number of aliphatic hydroxyl groups excluding tert-OH is 1. The van der Waals surface area contributed by atoms with Crippen molar-refractivity contribution in [3.63, 3.8) is 0 Å². The predicted octanol–water partition coefficient (Wildman–Crippen LogP) is 0.788. The molecule has 0 atom stereocenters. The van der Waals surface area contributed by atoms with Crippen LogP contribution in [-0.4, -0.2) is 82.4 Å². The summed E-state index contributed by atoms with van der Waals surface area (Å²) in [5.74, 6) is -0.709. The number of nitrogens with one attached hydrogen (secondary N) is 1. The zero-order valence-corrected chi connectivity index (χ0v) is 20.7. The van der Waals surface area contributed by atoms with E-state index in [0.29, 0.717) is 48.6 Å². The zero-order valence-electron chi connectivity index (χ0n) is 19.1. The van der Waals surface area contributed by atoms with E-state index in [9.17, 15) is 18.0 Å². The highest BCUT2D eigenvalue weighted by atomic mass is 35.5. The Morgan fingerprint density at radius 3 is 2.59 bits per heavy atom. The maximum atomic E-state index is 13.3. The number of carbonyl (C=O) groups is 2. The summed E-state index contributed by atoms with van der Waals surface area (Å²) >= 11 is 5.89. The lowest BCUT2D eigenvalue weighted by molar-refractivity contribution is 0.0723. The van der Waals surface area contributed by atoms with Crippen molar-refractivity contribution in [2.45, 2.75) is 30.6 Å². The molecule has 12 heteroatoms. The third kappa shape index (κ3) is 4.45. The second kappa shape index (κ2) is 9.29. The maximum Gasteiger partial charge on any atom is 0.272 e. The van der Waals surface area contributed by atoms with Crippen molar-refractivity contribution in [2.24, 2.45) is 7.05 Å². The normalized spacial score (nSPS) is 17.1. The van der Waals surface area contributed by atoms with Crippen LogP contribution in [0.2, 0.25) is 5.02 Å². The lowest BCUT2D eigenvalue weighted by Gasteiger charge is -2.32. The van der Waals surface area contributed by atoms with Crippen molar-refractivity contribution < 1.29 is 23.1 Å². The highest BCUT2D eigenvalue weighted by molar-refractivity contribution is 7.90. The quantitative estimate of drug-likeness (QED) is 0.515. The molecule has 1 fully saturated rings. The third-order valence-corrected chi connectivity index (χ3v) is 9.39. The molecule has 1 aromatic heterocycles. The van der Waals surface area contributed by atoms with Gasteiger partial charge in [-0.15, -0.1) is 0 Å². The lowest BCUT2D eigenvalue weighted by atomic mass is 10.0. The van der Waals surface area contributed by atoms with Crippen LogP contribution < -0.4 is 5.32 Å². The van der Waals surface area contributed by atoms with Gasteiger partial charge in [0.25, 0.3) is 11.8 Å². The minimum absolute atomic E-state index is 0.0123. The summed E-state index contributed by atoms with van der Waals surface area (Å²) in [6.07, 6.45) is 1.33. The van der Waals surface area contributed by atoms with Crippen LogP contribution in [0.15, 0.2) is 24.3 Å². The smallest absolute Gasteiger partial charge is 0.272 e. The van der Waals surface area contributed by atoms with Crippen molar-refractivity contribution >= 4 is 33.4 Å². The fourth-order valence-electron chi connectivity index (χ4n) is 4.35. The SMILES string of the molecule is CN(CCO)S(=O)(=O)C1(CN2CCc3c(C(=O)NCc4ccc(Cl)cc4)nn(C)c3C2=O)CC1. The minimum atomic E-state index is -3.66. The second-order valence-corrected chi connectivity index (χ2v) is 11.7. The number of fused-ring (bicyclic) bond motifs is 1. The highest BCUT2D eigenvalue weighted by Crippen LogP contribution is 2.46. The fourth-order valence-corrected chi connectivity index (χ4v) is 6.39. The van der Waals surface area contributed by atoms with Crippen LogP contribution in [0.1, 0.15) is 44.9 Å². The molecule has 0 spiro atoms. The van der Waals surface area contributed by atoms with E-state index >= 15 is 0 Å². The summed E-state index contributed by atoms with van der Waals surface area (Å²) in [5, 5.41) is 16.9. The predicted molar refractivity (Wildman–Crippen MR) is 126 cm³/mol. The van der Waals surface area contributed by atoms with Gasteiger partial charge in [-0.25, -0.2) is 12.7 Å². The van der Waals surface area contributed by atoms with Gasteiger partial charge in [0.05, 0.1) is 6.61 Å². The molecule has 2 N–H and O–H groups in total. The molecule has 0 saturated heterocycles. The van der Waals surface area contributed by atoms with Gasteiger partial charge in [-0.3, -0.25) is 14.3 Å². The number of amides is 2. The number of nitrogens with zero attached hydrogens (tertiary/aromatic N) is 4. The maximum absolute atomic E-state index is 13.3. The van der Waals surface area contributed by atoms with Crippen LogP contribution in [0.4, 0.5) is 0 Å². The van der Waals surface area contributed by atoms with Gasteiger partial charge in [-0.1, -0.05) is 23.7 Å². The fraction of sp³-hybridized carbons (Fsp3) is 0.500. The Kier molecular flexibility index (Phi) is 6.74. The molecular formula is C22H28ClN5O5S. The number of hydrogen-bond donors (Lipinski definition) is 2. The van der Waals surface area contributed by atoms with E-state index in [-0.39, 0.29) is 37.2 Å². The number of rotatable bonds is 9. The minimum Gasteiger partial charge on any atom is -0.395 e. The van der Waals surface area contributed by atoms with Crippen LogP contribution in [0.5, 0.6) is 0 Å². The van der Waals surface area contributed by atoms with Gasteiger partial charge >= 0.3 is 0 Å². The Hall–Kier alpha value is -2.47. The van der Waals surface area contributed by atoms with Gasteiger partial charge in [-0.2, -0.15) is 5.10 Å². The molecule has 1 aromatic carbocycles. The second-order valence-electron chi connectivity index (χ2n) is 8.82. The number of sulfonamides is 1. The first-order valence-electron chi connectivity index (χ1n) is 11.0. The van der Waals surface area contributed by atoms with Crippen molar-refractivity contribution in [1.82, 2.24) is 24.3 Å². The molecule has 0 unspecified atom stereocenters. The molecule has 1 aliphatic heterocycles. The Bertz CT molecular complexity index is 1210. The molecular weight excluding hydrogens is 482 g/mol. The number of aryl methyl sites for hydroxylation is 1. The van der Waals surface area contributed by atoms with Crippen LogP contribution in [-0.2, 0) is 30.0 Å². The number of aromatic nitrogens is 2. The number of halogens is 1. The van der Waals surface area contributed by atoms with Crippen molar-refractivity contribution in [3.05, 3.63) is 51.8 Å². The third-order valence-electron chi connectivity index (χ3n) is 6.51. The molecule has 4 rings (SSSR count). The number of aliphatic hydroxyl groups is 1. The summed E-state index contributed by atoms with van der Waals surface area (Å²) in [4.78, 5) is 27.6. The van der Waals surface area contributed by atoms with E-state index in [2.05, 4.69) is 10.4 Å².